The van der Waals surface area contributed by atoms with Gasteiger partial charge >= 0.3 is 0 Å². The van der Waals surface area contributed by atoms with Gasteiger partial charge in [0.1, 0.15) is 0 Å². The zero-order chi connectivity index (χ0) is 18.3. The van der Waals surface area contributed by atoms with Crippen molar-refractivity contribution in [2.45, 2.75) is 30.6 Å². The second-order valence-corrected chi connectivity index (χ2v) is 8.89. The Hall–Kier alpha value is -2.05. The van der Waals surface area contributed by atoms with Gasteiger partial charge in [-0.2, -0.15) is 0 Å². The van der Waals surface area contributed by atoms with Crippen molar-refractivity contribution in [3.05, 3.63) is 53.1 Å². The Bertz CT molecular complexity index is 953. The number of halogens is 1. The van der Waals surface area contributed by atoms with Crippen molar-refractivity contribution in [3.8, 4) is 0 Å². The van der Waals surface area contributed by atoms with Crippen LogP contribution in [0.15, 0.2) is 47.4 Å². The molecule has 2 aromatic rings. The summed E-state index contributed by atoms with van der Waals surface area (Å²) in [7, 11) is -3.71. The summed E-state index contributed by atoms with van der Waals surface area (Å²) in [6, 6.07) is 11.4. The number of amides is 1. The number of nitrogens with one attached hydrogen (secondary N) is 1. The maximum absolute atomic E-state index is 12.6. The lowest BCUT2D eigenvalue weighted by Crippen LogP contribution is -2.36. The van der Waals surface area contributed by atoms with Gasteiger partial charge in [-0.05, 0) is 67.6 Å². The summed E-state index contributed by atoms with van der Waals surface area (Å²) in [5.41, 5.74) is 2.36. The minimum atomic E-state index is -3.71. The van der Waals surface area contributed by atoms with Crippen LogP contribution in [-0.4, -0.2) is 20.9 Å². The first kappa shape index (κ1) is 17.4. The van der Waals surface area contributed by atoms with E-state index in [0.717, 1.165) is 36.9 Å². The molecule has 5 nitrogen and oxygen atoms in total. The minimum Gasteiger partial charge on any atom is -0.312 e. The molecule has 1 fully saturated rings. The summed E-state index contributed by atoms with van der Waals surface area (Å²) < 4.78 is 27.8. The van der Waals surface area contributed by atoms with Crippen LogP contribution in [0.1, 0.15) is 24.8 Å². The van der Waals surface area contributed by atoms with Crippen LogP contribution in [0.4, 0.5) is 11.4 Å². The van der Waals surface area contributed by atoms with E-state index >= 15 is 0 Å². The van der Waals surface area contributed by atoms with Gasteiger partial charge < -0.3 is 4.90 Å². The van der Waals surface area contributed by atoms with Crippen LogP contribution in [-0.2, 0) is 21.2 Å². The molecule has 1 aliphatic carbocycles. The average Bonchev–Trinajstić information content (AvgIpc) is 3.46. The quantitative estimate of drug-likeness (QED) is 0.862. The second-order valence-electron chi connectivity index (χ2n) is 6.77. The Labute approximate surface area is 158 Å². The van der Waals surface area contributed by atoms with Gasteiger partial charge in [0, 0.05) is 23.2 Å². The molecule has 26 heavy (non-hydrogen) atoms. The fraction of sp³-hybridized carbons (Fsp3) is 0.316. The highest BCUT2D eigenvalue weighted by molar-refractivity contribution is 7.92. The van der Waals surface area contributed by atoms with E-state index in [1.165, 1.54) is 12.1 Å². The van der Waals surface area contributed by atoms with E-state index < -0.39 is 10.0 Å². The van der Waals surface area contributed by atoms with Gasteiger partial charge in [0.15, 0.2) is 0 Å². The molecular formula is C19H19ClN2O3S. The van der Waals surface area contributed by atoms with Crippen molar-refractivity contribution in [2.24, 2.45) is 5.92 Å². The van der Waals surface area contributed by atoms with E-state index in [1.54, 1.807) is 24.3 Å². The molecule has 1 aliphatic heterocycles. The summed E-state index contributed by atoms with van der Waals surface area (Å²) in [5, 5.41) is 0.479. The number of hydrogen-bond acceptors (Lipinski definition) is 3. The van der Waals surface area contributed by atoms with Crippen LogP contribution >= 0.6 is 11.6 Å². The molecule has 0 unspecified atom stereocenters. The topological polar surface area (TPSA) is 66.5 Å². The zero-order valence-corrected chi connectivity index (χ0v) is 15.7. The van der Waals surface area contributed by atoms with Gasteiger partial charge in [0.05, 0.1) is 10.6 Å². The van der Waals surface area contributed by atoms with Crippen molar-refractivity contribution in [3.63, 3.8) is 0 Å². The molecule has 1 amide bonds. The van der Waals surface area contributed by atoms with Crippen molar-refractivity contribution >= 4 is 38.9 Å². The maximum atomic E-state index is 12.6. The smallest absolute Gasteiger partial charge is 0.261 e. The molecule has 0 aromatic heterocycles. The van der Waals surface area contributed by atoms with Crippen LogP contribution in [0, 0.1) is 5.92 Å². The van der Waals surface area contributed by atoms with E-state index in [9.17, 15) is 13.2 Å². The molecule has 7 heteroatoms. The molecule has 0 saturated heterocycles. The number of benzene rings is 2. The van der Waals surface area contributed by atoms with Crippen LogP contribution in [0.2, 0.25) is 5.02 Å². The summed E-state index contributed by atoms with van der Waals surface area (Å²) in [4.78, 5) is 14.5. The summed E-state index contributed by atoms with van der Waals surface area (Å²) in [6.45, 7) is 0.690. The van der Waals surface area contributed by atoms with E-state index in [2.05, 4.69) is 4.72 Å². The number of fused-ring (bicyclic) bond motifs is 1. The van der Waals surface area contributed by atoms with Crippen LogP contribution in [0.3, 0.4) is 0 Å². The van der Waals surface area contributed by atoms with E-state index in [-0.39, 0.29) is 16.7 Å². The predicted octanol–water partition coefficient (Wildman–Crippen LogP) is 3.83. The summed E-state index contributed by atoms with van der Waals surface area (Å²) in [6.07, 6.45) is 3.73. The first-order valence-corrected chi connectivity index (χ1v) is 10.5. The lowest BCUT2D eigenvalue weighted by atomic mass is 10.0. The lowest BCUT2D eigenvalue weighted by molar-refractivity contribution is -0.119. The zero-order valence-electron chi connectivity index (χ0n) is 14.1. The highest BCUT2D eigenvalue weighted by atomic mass is 35.5. The normalized spacial score (nSPS) is 16.9. The molecule has 0 radical (unpaired) electrons. The fourth-order valence-electron chi connectivity index (χ4n) is 3.25. The minimum absolute atomic E-state index is 0.135. The summed E-state index contributed by atoms with van der Waals surface area (Å²) >= 11 is 5.82. The number of aryl methyl sites for hydroxylation is 1. The third-order valence-corrected chi connectivity index (χ3v) is 6.42. The van der Waals surface area contributed by atoms with E-state index in [0.29, 0.717) is 17.3 Å². The molecule has 1 N–H and O–H groups in total. The van der Waals surface area contributed by atoms with Crippen LogP contribution in [0.25, 0.3) is 0 Å². The predicted molar refractivity (Wildman–Crippen MR) is 102 cm³/mol. The van der Waals surface area contributed by atoms with Gasteiger partial charge in [0.2, 0.25) is 5.91 Å². The monoisotopic (exact) mass is 390 g/mol. The van der Waals surface area contributed by atoms with Crippen molar-refractivity contribution < 1.29 is 13.2 Å². The average molecular weight is 391 g/mol. The number of nitrogens with zero attached hydrogens (tertiary/aromatic N) is 1. The Morgan fingerprint density at radius 3 is 2.54 bits per heavy atom. The molecular weight excluding hydrogens is 372 g/mol. The molecule has 136 valence electrons. The number of hydrogen-bond donors (Lipinski definition) is 1. The highest BCUT2D eigenvalue weighted by Gasteiger charge is 2.35. The van der Waals surface area contributed by atoms with Crippen LogP contribution in [0.5, 0.6) is 0 Å². The molecule has 2 aromatic carbocycles. The molecule has 0 atom stereocenters. The SMILES string of the molecule is O=C(C1CC1)N1CCCc2ccc(NS(=O)(=O)c3ccc(Cl)cc3)cc21. The Balaban J connectivity index is 1.63. The van der Waals surface area contributed by atoms with Crippen LogP contribution < -0.4 is 9.62 Å². The third-order valence-electron chi connectivity index (χ3n) is 4.77. The number of sulfonamides is 1. The maximum Gasteiger partial charge on any atom is 0.261 e. The molecule has 4 rings (SSSR count). The van der Waals surface area contributed by atoms with Gasteiger partial charge in [-0.15, -0.1) is 0 Å². The van der Waals surface area contributed by atoms with E-state index in [1.807, 2.05) is 11.0 Å². The van der Waals surface area contributed by atoms with Crippen molar-refractivity contribution in [1.29, 1.82) is 0 Å². The number of anilines is 2. The number of rotatable bonds is 4. The van der Waals surface area contributed by atoms with Gasteiger partial charge in [-0.25, -0.2) is 8.42 Å². The largest absolute Gasteiger partial charge is 0.312 e. The van der Waals surface area contributed by atoms with Crippen molar-refractivity contribution in [1.82, 2.24) is 0 Å². The third kappa shape index (κ3) is 3.44. The van der Waals surface area contributed by atoms with Crippen molar-refractivity contribution in [2.75, 3.05) is 16.2 Å². The standard InChI is InChI=1S/C19H19ClN2O3S/c20-15-6-9-17(10-7-15)26(24,25)21-16-8-5-13-2-1-11-22(18(13)12-16)19(23)14-3-4-14/h5-10,12,14,21H,1-4,11H2. The summed E-state index contributed by atoms with van der Waals surface area (Å²) in [5.74, 6) is 0.291. The van der Waals surface area contributed by atoms with Gasteiger partial charge in [-0.3, -0.25) is 9.52 Å². The Kier molecular flexibility index (Phi) is 4.40. The lowest BCUT2D eigenvalue weighted by Gasteiger charge is -2.30. The Morgan fingerprint density at radius 1 is 1.12 bits per heavy atom. The number of carbonyl (C=O) groups excluding carboxylic acids is 1. The van der Waals surface area contributed by atoms with Gasteiger partial charge in [-0.1, -0.05) is 17.7 Å². The first-order valence-electron chi connectivity index (χ1n) is 8.67. The molecule has 0 spiro atoms. The first-order chi connectivity index (χ1) is 12.4. The molecule has 2 aliphatic rings. The molecule has 1 saturated carbocycles. The molecule has 1 heterocycles. The fourth-order valence-corrected chi connectivity index (χ4v) is 4.42. The highest BCUT2D eigenvalue weighted by Crippen LogP contribution is 2.37. The second kappa shape index (κ2) is 6.59. The van der Waals surface area contributed by atoms with Gasteiger partial charge in [0.25, 0.3) is 10.0 Å². The Morgan fingerprint density at radius 2 is 1.85 bits per heavy atom. The van der Waals surface area contributed by atoms with E-state index in [4.69, 9.17) is 11.6 Å². The number of carbonyl (C=O) groups is 1. The molecule has 0 bridgehead atoms.